The summed E-state index contributed by atoms with van der Waals surface area (Å²) >= 11 is 0. The molecule has 1 aromatic rings. The molecule has 0 aliphatic rings. The Morgan fingerprint density at radius 2 is 1.88 bits per heavy atom. The van der Waals surface area contributed by atoms with Crippen LogP contribution in [0.5, 0.6) is 0 Å². The second kappa shape index (κ2) is 7.78. The first kappa shape index (κ1) is 13.6. The van der Waals surface area contributed by atoms with Crippen molar-refractivity contribution in [3.63, 3.8) is 0 Å². The molecule has 0 spiro atoms. The fourth-order valence-corrected chi connectivity index (χ4v) is 1.78. The number of nitro groups is 1. The molecule has 0 saturated carbocycles. The van der Waals surface area contributed by atoms with Crippen LogP contribution in [0.2, 0.25) is 0 Å². The minimum absolute atomic E-state index is 0.0619. The second-order valence-corrected chi connectivity index (χ2v) is 4.09. The summed E-state index contributed by atoms with van der Waals surface area (Å²) in [5.41, 5.74) is 5.40. The van der Waals surface area contributed by atoms with E-state index in [1.54, 1.807) is 10.8 Å². The first-order valence-corrected chi connectivity index (χ1v) is 6.11. The lowest BCUT2D eigenvalue weighted by molar-refractivity contribution is -0.396. The first-order valence-electron chi connectivity index (χ1n) is 6.11. The number of imidazole rings is 1. The van der Waals surface area contributed by atoms with Crippen molar-refractivity contribution in [3.8, 4) is 0 Å². The molecule has 0 aromatic carbocycles. The average Bonchev–Trinajstić information content (AvgIpc) is 2.76. The van der Waals surface area contributed by atoms with Gasteiger partial charge in [0, 0.05) is 0 Å². The monoisotopic (exact) mass is 240 g/mol. The lowest BCUT2D eigenvalue weighted by atomic mass is 10.1. The zero-order chi connectivity index (χ0) is 12.5. The van der Waals surface area contributed by atoms with Gasteiger partial charge in [-0.05, 0) is 24.3 Å². The molecule has 17 heavy (non-hydrogen) atoms. The normalized spacial score (nSPS) is 10.6. The Labute approximate surface area is 101 Å². The number of aryl methyl sites for hydroxylation is 1. The molecule has 6 nitrogen and oxygen atoms in total. The van der Waals surface area contributed by atoms with E-state index in [4.69, 9.17) is 5.73 Å². The van der Waals surface area contributed by atoms with E-state index in [0.29, 0.717) is 6.54 Å². The Kier molecular flexibility index (Phi) is 6.24. The third-order valence-corrected chi connectivity index (χ3v) is 2.71. The molecule has 0 aliphatic carbocycles. The van der Waals surface area contributed by atoms with Crippen LogP contribution in [-0.4, -0.2) is 21.0 Å². The third-order valence-electron chi connectivity index (χ3n) is 2.71. The van der Waals surface area contributed by atoms with Gasteiger partial charge in [-0.15, -0.1) is 0 Å². The van der Waals surface area contributed by atoms with E-state index in [1.165, 1.54) is 25.5 Å². The van der Waals surface area contributed by atoms with Gasteiger partial charge in [-0.25, -0.2) is 4.57 Å². The van der Waals surface area contributed by atoms with Crippen LogP contribution in [0, 0.1) is 10.1 Å². The van der Waals surface area contributed by atoms with Crippen LogP contribution in [0.1, 0.15) is 38.5 Å². The summed E-state index contributed by atoms with van der Waals surface area (Å²) in [6.07, 6.45) is 9.83. The third kappa shape index (κ3) is 4.95. The van der Waals surface area contributed by atoms with Gasteiger partial charge in [-0.2, -0.15) is 0 Å². The fraction of sp³-hybridized carbons (Fsp3) is 0.727. The quantitative estimate of drug-likeness (QED) is 0.406. The number of rotatable bonds is 9. The Bertz CT molecular complexity index is 338. The van der Waals surface area contributed by atoms with Gasteiger partial charge in [0.1, 0.15) is 12.4 Å². The van der Waals surface area contributed by atoms with Crippen LogP contribution in [0.25, 0.3) is 0 Å². The van der Waals surface area contributed by atoms with E-state index in [-0.39, 0.29) is 5.95 Å². The number of hydrogen-bond donors (Lipinski definition) is 1. The van der Waals surface area contributed by atoms with Gasteiger partial charge in [0.25, 0.3) is 0 Å². The van der Waals surface area contributed by atoms with Crippen molar-refractivity contribution in [1.82, 2.24) is 9.55 Å². The summed E-state index contributed by atoms with van der Waals surface area (Å²) in [5, 5.41) is 10.6. The Hall–Kier alpha value is -1.43. The predicted molar refractivity (Wildman–Crippen MR) is 65.6 cm³/mol. The maximum atomic E-state index is 10.6. The number of nitrogens with two attached hydrogens (primary N) is 1. The van der Waals surface area contributed by atoms with Crippen molar-refractivity contribution < 1.29 is 4.92 Å². The van der Waals surface area contributed by atoms with Gasteiger partial charge in [0.05, 0.1) is 6.54 Å². The topological polar surface area (TPSA) is 87.0 Å². The van der Waals surface area contributed by atoms with E-state index in [0.717, 1.165) is 25.8 Å². The standard InChI is InChI=1S/C11H20N4O2/c12-7-5-3-1-2-4-6-9-14-10-8-13-11(14)15(16)17/h8,10H,1-7,9,12H2. The van der Waals surface area contributed by atoms with Crippen molar-refractivity contribution in [2.45, 2.75) is 45.1 Å². The summed E-state index contributed by atoms with van der Waals surface area (Å²) in [6.45, 7) is 1.44. The van der Waals surface area contributed by atoms with Crippen molar-refractivity contribution in [1.29, 1.82) is 0 Å². The fourth-order valence-electron chi connectivity index (χ4n) is 1.78. The van der Waals surface area contributed by atoms with Crippen LogP contribution in [0.4, 0.5) is 5.95 Å². The molecule has 2 N–H and O–H groups in total. The zero-order valence-electron chi connectivity index (χ0n) is 10.0. The van der Waals surface area contributed by atoms with Gasteiger partial charge in [0.2, 0.25) is 0 Å². The first-order chi connectivity index (χ1) is 8.25. The summed E-state index contributed by atoms with van der Waals surface area (Å²) < 4.78 is 1.60. The van der Waals surface area contributed by atoms with Gasteiger partial charge in [-0.3, -0.25) is 0 Å². The van der Waals surface area contributed by atoms with Crippen LogP contribution in [-0.2, 0) is 6.54 Å². The average molecular weight is 240 g/mol. The van der Waals surface area contributed by atoms with E-state index < -0.39 is 4.92 Å². The maximum absolute atomic E-state index is 10.6. The highest BCUT2D eigenvalue weighted by Gasteiger charge is 2.12. The molecule has 0 saturated heterocycles. The molecule has 1 heterocycles. The summed E-state index contributed by atoms with van der Waals surface area (Å²) in [4.78, 5) is 13.9. The number of aromatic nitrogens is 2. The van der Waals surface area contributed by atoms with Crippen LogP contribution in [0.15, 0.2) is 12.4 Å². The molecule has 0 atom stereocenters. The lowest BCUT2D eigenvalue weighted by Gasteiger charge is -2.02. The molecule has 0 fully saturated rings. The Morgan fingerprint density at radius 1 is 1.24 bits per heavy atom. The van der Waals surface area contributed by atoms with Crippen LogP contribution < -0.4 is 5.73 Å². The van der Waals surface area contributed by atoms with Crippen molar-refractivity contribution in [2.24, 2.45) is 5.73 Å². The maximum Gasteiger partial charge on any atom is 0.434 e. The van der Waals surface area contributed by atoms with Gasteiger partial charge in [0.15, 0.2) is 0 Å². The molecule has 96 valence electrons. The molecular formula is C11H20N4O2. The molecular weight excluding hydrogens is 220 g/mol. The van der Waals surface area contributed by atoms with Crippen molar-refractivity contribution in [2.75, 3.05) is 6.54 Å². The van der Waals surface area contributed by atoms with Crippen molar-refractivity contribution >= 4 is 5.95 Å². The molecule has 0 radical (unpaired) electrons. The molecule has 1 aromatic heterocycles. The molecule has 0 unspecified atom stereocenters. The highest BCUT2D eigenvalue weighted by molar-refractivity contribution is 5.06. The number of nitrogens with zero attached hydrogens (tertiary/aromatic N) is 3. The van der Waals surface area contributed by atoms with Crippen molar-refractivity contribution in [3.05, 3.63) is 22.5 Å². The van der Waals surface area contributed by atoms with Gasteiger partial charge in [-0.1, -0.05) is 30.7 Å². The molecule has 1 rings (SSSR count). The summed E-state index contributed by atoms with van der Waals surface area (Å²) in [5.74, 6) is -0.0619. The molecule has 0 amide bonds. The number of hydrogen-bond acceptors (Lipinski definition) is 4. The predicted octanol–water partition coefficient (Wildman–Crippen LogP) is 2.09. The van der Waals surface area contributed by atoms with Crippen LogP contribution in [0.3, 0.4) is 0 Å². The van der Waals surface area contributed by atoms with E-state index in [9.17, 15) is 10.1 Å². The van der Waals surface area contributed by atoms with Crippen LogP contribution >= 0.6 is 0 Å². The lowest BCUT2D eigenvalue weighted by Crippen LogP contribution is -2.03. The van der Waals surface area contributed by atoms with Gasteiger partial charge < -0.3 is 15.8 Å². The highest BCUT2D eigenvalue weighted by Crippen LogP contribution is 2.11. The summed E-state index contributed by atoms with van der Waals surface area (Å²) in [7, 11) is 0. The minimum atomic E-state index is -0.443. The summed E-state index contributed by atoms with van der Waals surface area (Å²) in [6, 6.07) is 0. The Morgan fingerprint density at radius 3 is 2.53 bits per heavy atom. The molecule has 0 bridgehead atoms. The Balaban J connectivity index is 2.14. The van der Waals surface area contributed by atoms with E-state index >= 15 is 0 Å². The molecule has 6 heteroatoms. The SMILES string of the molecule is NCCCCCCCCn1ccnc1[N+](=O)[O-]. The second-order valence-electron chi connectivity index (χ2n) is 4.09. The number of unbranched alkanes of at least 4 members (excludes halogenated alkanes) is 5. The smallest absolute Gasteiger partial charge is 0.390 e. The minimum Gasteiger partial charge on any atom is -0.390 e. The molecule has 0 aliphatic heterocycles. The highest BCUT2D eigenvalue weighted by atomic mass is 16.6. The zero-order valence-corrected chi connectivity index (χ0v) is 10.0. The largest absolute Gasteiger partial charge is 0.434 e. The van der Waals surface area contributed by atoms with E-state index in [1.807, 2.05) is 0 Å². The van der Waals surface area contributed by atoms with Gasteiger partial charge >= 0.3 is 5.95 Å². The van der Waals surface area contributed by atoms with E-state index in [2.05, 4.69) is 4.98 Å².